The van der Waals surface area contributed by atoms with Crippen molar-refractivity contribution in [2.45, 2.75) is 116 Å². The van der Waals surface area contributed by atoms with Crippen LogP contribution in [0.15, 0.2) is 510 Å². The molecule has 0 N–H and O–H groups in total. The molecule has 0 aliphatic carbocycles. The van der Waals surface area contributed by atoms with E-state index in [2.05, 4.69) is 613 Å². The van der Waals surface area contributed by atoms with Crippen LogP contribution in [0, 0.1) is 13.8 Å². The normalized spacial score (nSPS) is 12.2. The Morgan fingerprint density at radius 2 is 0.351 bits per heavy atom. The van der Waals surface area contributed by atoms with Gasteiger partial charge in [-0.1, -0.05) is 491 Å². The van der Waals surface area contributed by atoms with Gasteiger partial charge in [-0.2, -0.15) is 0 Å². The molecule has 2 unspecified atom stereocenters. The zero-order valence-corrected chi connectivity index (χ0v) is 87.6. The number of ether oxygens (including phenoxy) is 1. The third-order valence-corrected chi connectivity index (χ3v) is 30.7. The second kappa shape index (κ2) is 45.5. The Morgan fingerprint density at radius 3 is 0.581 bits per heavy atom. The maximum atomic E-state index is 7.28. The fourth-order valence-electron chi connectivity index (χ4n) is 21.1. The highest BCUT2D eigenvalue weighted by molar-refractivity contribution is 5.79. The molecule has 0 heterocycles. The van der Waals surface area contributed by atoms with E-state index in [4.69, 9.17) is 4.74 Å². The predicted molar refractivity (Wildman–Crippen MR) is 632 cm³/mol. The minimum absolute atomic E-state index is 0.202. The molecule has 0 saturated carbocycles. The fraction of sp³-hybridized carbons (Fsp3) is 0.161. The molecule has 2 atom stereocenters. The molecule has 20 aromatic carbocycles. The van der Waals surface area contributed by atoms with Crippen molar-refractivity contribution < 1.29 is 4.74 Å². The summed E-state index contributed by atoms with van der Waals surface area (Å²) in [4.78, 5) is 8.93. The van der Waals surface area contributed by atoms with Gasteiger partial charge in [0.2, 0.25) is 0 Å². The van der Waals surface area contributed by atoms with Gasteiger partial charge in [-0.25, -0.2) is 0 Å². The summed E-state index contributed by atoms with van der Waals surface area (Å²) in [5, 5.41) is 0. The lowest BCUT2D eigenvalue weighted by Gasteiger charge is -2.37. The standard InChI is InChI=1S/C76H68N2O.C67H66N2/c1-7-54-79-76(68-38-24-60(25-39-68)58-20-18-55(2)19-21-58,69-40-26-61(27-41-69)65-34-52-74(53-35-65)78(6)72-48-30-63(31-49-72)57-16-12-9-13-17-57)70-44-42-67(43-45-70)75(3,4)66-36-22-59(23-37-66)64-32-50-73(51-33-64)77(5)71-46-28-62(29-47-71)56-14-10-8-11-15-56;1-7-8-9-16-49-67(59-37-27-53(28-38-59)51-23-21-50(2)22-24-51,60-39-29-54(30-40-60)56-33-47-65(48-34-56)69(6)63-19-14-11-15-20-63)61-43-41-58(42-44-61)66(3,4)57-35-25-52(26-36-57)55-31-45-64(46-32-55)68(5)62-17-12-10-13-18-62/h8-53H,7,54H2,1-6H3;10-15,17-48H,7-9,16,49H2,1-6H3. The van der Waals surface area contributed by atoms with E-state index in [9.17, 15) is 0 Å². The first-order chi connectivity index (χ1) is 72.2. The molecule has 0 saturated heterocycles. The van der Waals surface area contributed by atoms with Gasteiger partial charge in [0.1, 0.15) is 5.60 Å². The van der Waals surface area contributed by atoms with Crippen molar-refractivity contribution in [3.8, 4) is 89.0 Å². The smallest absolute Gasteiger partial charge is 0.143 e. The summed E-state index contributed by atoms with van der Waals surface area (Å²) in [6, 6.07) is 187. The highest BCUT2D eigenvalue weighted by Crippen LogP contribution is 2.49. The van der Waals surface area contributed by atoms with Gasteiger partial charge < -0.3 is 24.3 Å². The summed E-state index contributed by atoms with van der Waals surface area (Å²) in [7, 11) is 8.51. The third-order valence-electron chi connectivity index (χ3n) is 30.7. The van der Waals surface area contributed by atoms with E-state index < -0.39 is 5.60 Å². The van der Waals surface area contributed by atoms with E-state index in [0.717, 1.165) is 69.8 Å². The maximum Gasteiger partial charge on any atom is 0.143 e. The van der Waals surface area contributed by atoms with Gasteiger partial charge >= 0.3 is 0 Å². The van der Waals surface area contributed by atoms with Gasteiger partial charge in [0.25, 0.3) is 0 Å². The lowest BCUT2D eigenvalue weighted by molar-refractivity contribution is 0.0133. The van der Waals surface area contributed by atoms with Crippen LogP contribution < -0.4 is 19.6 Å². The van der Waals surface area contributed by atoms with Crippen LogP contribution in [0.1, 0.15) is 147 Å². The van der Waals surface area contributed by atoms with Crippen molar-refractivity contribution in [3.63, 3.8) is 0 Å². The largest absolute Gasteiger partial charge is 0.361 e. The molecule has 0 aromatic heterocycles. The van der Waals surface area contributed by atoms with Crippen LogP contribution in [-0.2, 0) is 26.6 Å². The van der Waals surface area contributed by atoms with Crippen LogP contribution in [-0.4, -0.2) is 34.8 Å². The topological polar surface area (TPSA) is 22.2 Å². The molecule has 0 amide bonds. The summed E-state index contributed by atoms with van der Waals surface area (Å²) in [6.07, 6.45) is 6.68. The number of nitrogens with zero attached hydrogens (tertiary/aromatic N) is 4. The Morgan fingerprint density at radius 1 is 0.176 bits per heavy atom. The summed E-state index contributed by atoms with van der Waals surface area (Å²) >= 11 is 0. The molecule has 732 valence electrons. The monoisotopic (exact) mass is 1920 g/mol. The summed E-state index contributed by atoms with van der Waals surface area (Å²) in [5.74, 6) is 0. The van der Waals surface area contributed by atoms with Crippen molar-refractivity contribution in [1.29, 1.82) is 0 Å². The van der Waals surface area contributed by atoms with Crippen molar-refractivity contribution in [1.82, 2.24) is 0 Å². The minimum Gasteiger partial charge on any atom is -0.361 e. The number of anilines is 8. The van der Waals surface area contributed by atoms with Crippen molar-refractivity contribution in [2.24, 2.45) is 0 Å². The first-order valence-corrected chi connectivity index (χ1v) is 52.6. The average molecular weight is 1920 g/mol. The molecule has 148 heavy (non-hydrogen) atoms. The second-order valence-corrected chi connectivity index (χ2v) is 40.8. The van der Waals surface area contributed by atoms with Gasteiger partial charge in [-0.3, -0.25) is 0 Å². The van der Waals surface area contributed by atoms with Gasteiger partial charge in [0, 0.05) is 96.5 Å². The molecular formula is C143H134N4O. The molecule has 20 rings (SSSR count). The highest BCUT2D eigenvalue weighted by Gasteiger charge is 2.40. The van der Waals surface area contributed by atoms with Crippen LogP contribution in [0.2, 0.25) is 0 Å². The van der Waals surface area contributed by atoms with Crippen LogP contribution >= 0.6 is 0 Å². The first kappa shape index (κ1) is 100. The molecule has 0 fully saturated rings. The number of para-hydroxylation sites is 2. The SMILES string of the molecule is CCCCCCC(c1ccc(-c2ccc(C)cc2)cc1)(c1ccc(-c2ccc(N(C)c3ccccc3)cc2)cc1)c1ccc(C(C)(C)c2ccc(-c3ccc(N(C)c4ccccc4)cc3)cc2)cc1.CCCOC(c1ccc(-c2ccc(C)cc2)cc1)(c1ccc(-c2ccc(N(C)c3ccc(-c4ccccc4)cc3)cc2)cc1)c1ccc(C(C)(C)c2ccc(-c3ccc(N(C)c4ccc(-c5ccccc5)cc4)cc3)cc2)cc1. The quantitative estimate of drug-likeness (QED) is 0.0295. The minimum atomic E-state index is -0.870. The Kier molecular flexibility index (Phi) is 30.8. The van der Waals surface area contributed by atoms with Crippen LogP contribution in [0.5, 0.6) is 0 Å². The van der Waals surface area contributed by atoms with Crippen LogP contribution in [0.25, 0.3) is 89.0 Å². The van der Waals surface area contributed by atoms with Gasteiger partial charge in [-0.15, -0.1) is 0 Å². The summed E-state index contributed by atoms with van der Waals surface area (Å²) < 4.78 is 7.28. The van der Waals surface area contributed by atoms with E-state index in [0.29, 0.717) is 6.61 Å². The Labute approximate surface area is 879 Å². The lowest BCUT2D eigenvalue weighted by Crippen LogP contribution is -2.33. The Bertz CT molecular complexity index is 7660. The van der Waals surface area contributed by atoms with Gasteiger partial charge in [-0.05, 0) is 268 Å². The number of hydrogen-bond acceptors (Lipinski definition) is 5. The zero-order chi connectivity index (χ0) is 102. The predicted octanol–water partition coefficient (Wildman–Crippen LogP) is 38.1. The fourth-order valence-corrected chi connectivity index (χ4v) is 21.1. The van der Waals surface area contributed by atoms with Crippen LogP contribution in [0.3, 0.4) is 0 Å². The molecule has 0 aliphatic heterocycles. The van der Waals surface area contributed by atoms with E-state index in [1.165, 1.54) is 170 Å². The van der Waals surface area contributed by atoms with Crippen molar-refractivity contribution >= 4 is 45.5 Å². The highest BCUT2D eigenvalue weighted by atomic mass is 16.5. The van der Waals surface area contributed by atoms with Crippen molar-refractivity contribution in [3.05, 3.63) is 576 Å². The molecular weight excluding hydrogens is 1790 g/mol. The number of rotatable bonds is 34. The third kappa shape index (κ3) is 22.1. The molecule has 20 aromatic rings. The summed E-state index contributed by atoms with van der Waals surface area (Å²) in [5.41, 5.74) is 41.7. The van der Waals surface area contributed by atoms with E-state index in [1.54, 1.807) is 0 Å². The molecule has 0 aliphatic rings. The number of hydrogen-bond donors (Lipinski definition) is 0. The maximum absolute atomic E-state index is 7.28. The van der Waals surface area contributed by atoms with E-state index >= 15 is 0 Å². The zero-order valence-electron chi connectivity index (χ0n) is 87.6. The summed E-state index contributed by atoms with van der Waals surface area (Å²) in [6.45, 7) is 18.7. The number of benzene rings is 20. The van der Waals surface area contributed by atoms with E-state index in [-0.39, 0.29) is 16.2 Å². The Hall–Kier alpha value is -16.4. The van der Waals surface area contributed by atoms with Gasteiger partial charge in [0.05, 0.1) is 0 Å². The first-order valence-electron chi connectivity index (χ1n) is 52.6. The number of aryl methyl sites for hydroxylation is 2. The molecule has 0 bridgehead atoms. The molecule has 5 heteroatoms. The molecule has 5 nitrogen and oxygen atoms in total. The average Bonchev–Trinajstić information content (AvgIpc) is 0.744. The lowest BCUT2D eigenvalue weighted by atomic mass is 9.65. The van der Waals surface area contributed by atoms with Crippen LogP contribution in [0.4, 0.5) is 45.5 Å². The second-order valence-electron chi connectivity index (χ2n) is 40.8. The molecule has 0 radical (unpaired) electrons. The number of unbranched alkanes of at least 4 members (excludes halogenated alkanes) is 3. The molecule has 0 spiro atoms. The van der Waals surface area contributed by atoms with Gasteiger partial charge in [0.15, 0.2) is 0 Å². The van der Waals surface area contributed by atoms with E-state index in [1.807, 2.05) is 0 Å². The van der Waals surface area contributed by atoms with Crippen molar-refractivity contribution in [2.75, 3.05) is 54.4 Å². The Balaban J connectivity index is 0.000000188.